The van der Waals surface area contributed by atoms with Gasteiger partial charge in [0.1, 0.15) is 0 Å². The molecule has 218 valence electrons. The van der Waals surface area contributed by atoms with Gasteiger partial charge < -0.3 is 30.9 Å². The van der Waals surface area contributed by atoms with Crippen molar-refractivity contribution in [2.24, 2.45) is 17.6 Å². The number of amides is 4. The molecule has 6 fully saturated rings. The lowest BCUT2D eigenvalue weighted by Crippen LogP contribution is -2.54. The van der Waals surface area contributed by atoms with Gasteiger partial charge in [-0.25, -0.2) is 0 Å². The van der Waals surface area contributed by atoms with Crippen LogP contribution in [0, 0.1) is 11.8 Å². The molecule has 6 heterocycles. The summed E-state index contributed by atoms with van der Waals surface area (Å²) in [6.07, 6.45) is 4.51. The lowest BCUT2D eigenvalue weighted by molar-refractivity contribution is -0.141. The van der Waals surface area contributed by atoms with Crippen molar-refractivity contribution in [3.8, 4) is 0 Å². The average molecular weight is 547 g/mol. The lowest BCUT2D eigenvalue weighted by Gasteiger charge is -2.41. The number of rotatable bonds is 2. The number of hydrogen-bond donors (Lipinski definition) is 3. The summed E-state index contributed by atoms with van der Waals surface area (Å²) in [5, 5.41) is 13.8. The number of carbonyl (C=O) groups is 4. The number of nitrogens with two attached hydrogens (primary N) is 1. The number of fused-ring (bicyclic) bond motifs is 8. The number of aliphatic hydroxyl groups is 1. The van der Waals surface area contributed by atoms with E-state index in [1.165, 1.54) is 0 Å². The monoisotopic (exact) mass is 546 g/mol. The molecule has 6 rings (SSSR count). The van der Waals surface area contributed by atoms with Crippen LogP contribution in [-0.2, 0) is 19.2 Å². The molecule has 0 aromatic rings. The summed E-state index contributed by atoms with van der Waals surface area (Å²) in [4.78, 5) is 60.8. The molecule has 0 saturated carbocycles. The Bertz CT molecular complexity index is 933. The Morgan fingerprint density at radius 3 is 2.33 bits per heavy atom. The van der Waals surface area contributed by atoms with Crippen molar-refractivity contribution < 1.29 is 24.3 Å². The summed E-state index contributed by atoms with van der Waals surface area (Å²) >= 11 is 0. The molecule has 6 saturated heterocycles. The summed E-state index contributed by atoms with van der Waals surface area (Å²) in [5.74, 6) is -0.135. The first-order valence-corrected chi connectivity index (χ1v) is 15.0. The van der Waals surface area contributed by atoms with Crippen LogP contribution in [0.3, 0.4) is 0 Å². The first-order valence-electron chi connectivity index (χ1n) is 15.0. The molecule has 0 unspecified atom stereocenters. The van der Waals surface area contributed by atoms with Gasteiger partial charge in [-0.05, 0) is 57.3 Å². The summed E-state index contributed by atoms with van der Waals surface area (Å²) in [7, 11) is 0. The highest BCUT2D eigenvalue weighted by Crippen LogP contribution is 2.33. The molecule has 6 atom stereocenters. The van der Waals surface area contributed by atoms with Crippen molar-refractivity contribution in [2.75, 3.05) is 45.8 Å². The molecular weight excluding hydrogens is 500 g/mol. The normalized spacial score (nSPS) is 37.2. The number of piperidine rings is 2. The molecule has 4 amide bonds. The van der Waals surface area contributed by atoms with Crippen molar-refractivity contribution in [1.82, 2.24) is 24.9 Å². The maximum absolute atomic E-state index is 13.5. The fraction of sp³-hybridized carbons (Fsp3) is 0.857. The van der Waals surface area contributed by atoms with Gasteiger partial charge in [-0.1, -0.05) is 0 Å². The fourth-order valence-corrected chi connectivity index (χ4v) is 7.38. The molecule has 6 aliphatic rings. The van der Waals surface area contributed by atoms with Crippen LogP contribution in [0.1, 0.15) is 64.7 Å². The number of carbonyl (C=O) groups excluding carboxylic acids is 4. The number of hydrogen-bond acceptors (Lipinski definition) is 7. The molecule has 11 heteroatoms. The number of nitrogens with one attached hydrogen (secondary N) is 1. The van der Waals surface area contributed by atoms with Gasteiger partial charge >= 0.3 is 0 Å². The number of likely N-dealkylation sites (tertiary alicyclic amines) is 1. The Kier molecular flexibility index (Phi) is 8.78. The van der Waals surface area contributed by atoms with E-state index in [0.29, 0.717) is 58.4 Å². The second-order valence-corrected chi connectivity index (χ2v) is 12.5. The fourth-order valence-electron chi connectivity index (χ4n) is 7.38. The number of nitrogens with zero attached hydrogens (tertiary/aromatic N) is 4. The van der Waals surface area contributed by atoms with Crippen molar-refractivity contribution in [3.63, 3.8) is 0 Å². The maximum atomic E-state index is 13.5. The third-order valence-corrected chi connectivity index (χ3v) is 9.87. The predicted molar refractivity (Wildman–Crippen MR) is 144 cm³/mol. The molecule has 0 aromatic carbocycles. The van der Waals surface area contributed by atoms with Crippen molar-refractivity contribution in [2.45, 2.75) is 95.0 Å². The van der Waals surface area contributed by atoms with Crippen LogP contribution in [-0.4, -0.2) is 124 Å². The Morgan fingerprint density at radius 1 is 0.949 bits per heavy atom. The minimum Gasteiger partial charge on any atom is -0.390 e. The van der Waals surface area contributed by atoms with Gasteiger partial charge in [0.25, 0.3) is 0 Å². The van der Waals surface area contributed by atoms with E-state index in [2.05, 4.69) is 10.2 Å². The van der Waals surface area contributed by atoms with Gasteiger partial charge in [-0.3, -0.25) is 24.1 Å². The molecule has 0 aromatic heterocycles. The van der Waals surface area contributed by atoms with Gasteiger partial charge in [-0.2, -0.15) is 0 Å². The van der Waals surface area contributed by atoms with Crippen LogP contribution in [0.25, 0.3) is 0 Å². The van der Waals surface area contributed by atoms with Crippen LogP contribution >= 0.6 is 0 Å². The number of aliphatic hydroxyl groups excluding tert-OH is 1. The minimum atomic E-state index is -1.02. The third-order valence-electron chi connectivity index (χ3n) is 9.87. The maximum Gasteiger partial charge on any atom is 0.237 e. The second kappa shape index (κ2) is 12.1. The zero-order valence-corrected chi connectivity index (χ0v) is 23.3. The van der Waals surface area contributed by atoms with E-state index in [1.54, 1.807) is 11.8 Å². The molecule has 39 heavy (non-hydrogen) atoms. The smallest absolute Gasteiger partial charge is 0.237 e. The first kappa shape index (κ1) is 28.3. The van der Waals surface area contributed by atoms with Gasteiger partial charge in [0.15, 0.2) is 0 Å². The Morgan fingerprint density at radius 2 is 1.62 bits per heavy atom. The van der Waals surface area contributed by atoms with Gasteiger partial charge in [0.2, 0.25) is 23.6 Å². The minimum absolute atomic E-state index is 0.0562. The van der Waals surface area contributed by atoms with Gasteiger partial charge in [-0.15, -0.1) is 0 Å². The molecule has 0 radical (unpaired) electrons. The molecule has 11 nitrogen and oxygen atoms in total. The standard InChI is InChI=1S/C28H46N6O5/c1-18-24(35)15-27(38)33-9-4-19(12-25(36)31-7-2-3-8-31)20(16-33)13-26(37)32-10-5-22(6-11-32)34-17-21(29)14-23(34)28(39)30-18/h18-24,35H,2-17,29H2,1H3,(H,30,39)/t18-,19-,20-,21-,23-,24-/m0/s1. The zero-order chi connectivity index (χ0) is 27.7. The largest absolute Gasteiger partial charge is 0.390 e. The highest BCUT2D eigenvalue weighted by atomic mass is 16.3. The Balaban J connectivity index is 1.34. The molecule has 4 N–H and O–H groups in total. The van der Waals surface area contributed by atoms with Crippen LogP contribution in [0.5, 0.6) is 0 Å². The van der Waals surface area contributed by atoms with Gasteiger partial charge in [0.05, 0.1) is 24.6 Å². The molecule has 0 aliphatic carbocycles. The van der Waals surface area contributed by atoms with E-state index in [4.69, 9.17) is 5.73 Å². The lowest BCUT2D eigenvalue weighted by atomic mass is 9.80. The molecule has 6 aliphatic heterocycles. The van der Waals surface area contributed by atoms with Crippen LogP contribution < -0.4 is 11.1 Å². The molecular formula is C28H46N6O5. The quantitative estimate of drug-likeness (QED) is 0.425. The Labute approximate surface area is 231 Å². The SMILES string of the molecule is C[C@@H]1NC(=O)[C@@H]2C[C@H](N)CN2C2CCN(CC2)C(=O)C[C@H]2CN(CC[C@H]2CC(=O)N2CCCC2)C(=O)C[C@@H]1O. The summed E-state index contributed by atoms with van der Waals surface area (Å²) in [6.45, 7) is 6.18. The molecule has 0 spiro atoms. The predicted octanol–water partition coefficient (Wildman–Crippen LogP) is -0.484. The second-order valence-electron chi connectivity index (χ2n) is 12.5. The van der Waals surface area contributed by atoms with Crippen LogP contribution in [0.4, 0.5) is 0 Å². The third kappa shape index (κ3) is 6.41. The average Bonchev–Trinajstić information content (AvgIpc) is 3.59. The van der Waals surface area contributed by atoms with Crippen molar-refractivity contribution in [1.29, 1.82) is 0 Å². The van der Waals surface area contributed by atoms with E-state index in [1.807, 2.05) is 9.80 Å². The zero-order valence-electron chi connectivity index (χ0n) is 23.3. The van der Waals surface area contributed by atoms with E-state index in [-0.39, 0.29) is 60.0 Å². The van der Waals surface area contributed by atoms with E-state index >= 15 is 0 Å². The topological polar surface area (TPSA) is 140 Å². The summed E-state index contributed by atoms with van der Waals surface area (Å²) in [5.41, 5.74) is 6.27. The molecule has 4 bridgehead atoms. The summed E-state index contributed by atoms with van der Waals surface area (Å²) in [6, 6.07) is -0.872. The summed E-state index contributed by atoms with van der Waals surface area (Å²) < 4.78 is 0. The van der Waals surface area contributed by atoms with E-state index < -0.39 is 12.1 Å². The highest BCUT2D eigenvalue weighted by Gasteiger charge is 2.42. The van der Waals surface area contributed by atoms with Gasteiger partial charge in [0, 0.05) is 70.7 Å². The first-order chi connectivity index (χ1) is 18.7. The Hall–Kier alpha value is -2.24. The van der Waals surface area contributed by atoms with E-state index in [0.717, 1.165) is 38.8 Å². The highest BCUT2D eigenvalue weighted by molar-refractivity contribution is 5.83. The van der Waals surface area contributed by atoms with Crippen LogP contribution in [0.2, 0.25) is 0 Å². The van der Waals surface area contributed by atoms with E-state index in [9.17, 15) is 24.3 Å². The van der Waals surface area contributed by atoms with Crippen molar-refractivity contribution >= 4 is 23.6 Å². The van der Waals surface area contributed by atoms with Crippen molar-refractivity contribution in [3.05, 3.63) is 0 Å². The van der Waals surface area contributed by atoms with Crippen LogP contribution in [0.15, 0.2) is 0 Å².